The van der Waals surface area contributed by atoms with Gasteiger partial charge in [-0.25, -0.2) is 9.59 Å². The fraction of sp³-hybridized carbons (Fsp3) is 0.256. The highest BCUT2D eigenvalue weighted by Crippen LogP contribution is 2.38. The molecule has 5 rings (SSSR count). The maximum Gasteiger partial charge on any atom is 0.410 e. The van der Waals surface area contributed by atoms with E-state index in [9.17, 15) is 24.0 Å². The number of ether oxygens (including phenoxy) is 2. The van der Waals surface area contributed by atoms with Crippen molar-refractivity contribution in [3.8, 4) is 0 Å². The van der Waals surface area contributed by atoms with Crippen LogP contribution in [-0.2, 0) is 32.0 Å². The molecule has 1 aliphatic heterocycles. The molecule has 0 unspecified atom stereocenters. The molecule has 3 N–H and O–H groups in total. The molecule has 0 fully saturated rings. The van der Waals surface area contributed by atoms with Crippen LogP contribution in [0.4, 0.5) is 15.5 Å². The average Bonchev–Trinajstić information content (AvgIpc) is 3.48. The van der Waals surface area contributed by atoms with Crippen LogP contribution in [0.15, 0.2) is 89.5 Å². The van der Waals surface area contributed by atoms with Crippen LogP contribution in [-0.4, -0.2) is 59.2 Å². The fourth-order valence-corrected chi connectivity index (χ4v) is 7.47. The molecule has 14 heteroatoms. The van der Waals surface area contributed by atoms with E-state index in [1.807, 2.05) is 0 Å². The molecule has 1 aromatic heterocycles. The van der Waals surface area contributed by atoms with E-state index in [-0.39, 0.29) is 30.5 Å². The monoisotopic (exact) mass is 774 g/mol. The summed E-state index contributed by atoms with van der Waals surface area (Å²) in [6, 6.07) is 22.4. The number of anilines is 2. The van der Waals surface area contributed by atoms with Crippen LogP contribution in [0.3, 0.4) is 0 Å². The first-order valence-electron chi connectivity index (χ1n) is 16.8. The van der Waals surface area contributed by atoms with E-state index in [1.54, 1.807) is 111 Å². The summed E-state index contributed by atoms with van der Waals surface area (Å²) in [6.45, 7) is 7.88. The second-order valence-electron chi connectivity index (χ2n) is 12.8. The maximum atomic E-state index is 13.5. The average molecular weight is 775 g/mol. The Bertz CT molecular complexity index is 2040. The number of benzene rings is 3. The minimum absolute atomic E-state index is 0.00292. The van der Waals surface area contributed by atoms with Crippen molar-refractivity contribution in [2.24, 2.45) is 0 Å². The van der Waals surface area contributed by atoms with Gasteiger partial charge in [-0.2, -0.15) is 0 Å². The second-order valence-corrected chi connectivity index (χ2v) is 15.4. The molecule has 53 heavy (non-hydrogen) atoms. The van der Waals surface area contributed by atoms with Crippen LogP contribution in [0.2, 0.25) is 5.02 Å². The molecule has 0 saturated carbocycles. The number of nitrogens with one attached hydrogen (secondary N) is 3. The Morgan fingerprint density at radius 1 is 0.962 bits per heavy atom. The molecule has 11 nitrogen and oxygen atoms in total. The van der Waals surface area contributed by atoms with Crippen molar-refractivity contribution in [1.29, 1.82) is 0 Å². The lowest BCUT2D eigenvalue weighted by Gasteiger charge is -2.30. The lowest BCUT2D eigenvalue weighted by atomic mass is 10.0. The highest BCUT2D eigenvalue weighted by Gasteiger charge is 2.32. The van der Waals surface area contributed by atoms with Gasteiger partial charge in [-0.05, 0) is 87.7 Å². The third-order valence-corrected chi connectivity index (χ3v) is 10.1. The van der Waals surface area contributed by atoms with Gasteiger partial charge in [0.1, 0.15) is 16.3 Å². The van der Waals surface area contributed by atoms with E-state index in [0.29, 0.717) is 50.3 Å². The van der Waals surface area contributed by atoms with Crippen molar-refractivity contribution in [3.63, 3.8) is 0 Å². The van der Waals surface area contributed by atoms with Crippen LogP contribution in [0.1, 0.15) is 64.4 Å². The van der Waals surface area contributed by atoms with Gasteiger partial charge in [0, 0.05) is 32.6 Å². The molecule has 0 radical (unpaired) electrons. The Morgan fingerprint density at radius 3 is 2.42 bits per heavy atom. The van der Waals surface area contributed by atoms with Crippen molar-refractivity contribution in [2.45, 2.75) is 51.2 Å². The summed E-state index contributed by atoms with van der Waals surface area (Å²) >= 11 is 8.83. The SMILES string of the molecule is CCOC(=O)c1c(NC(=O)CSc2cccc(NC(=O)/C(=C\c3ccccc3Cl)NC(=O)c3ccccc3)c2)sc2c1CCN(C(=O)OC(C)(C)C)C2. The topological polar surface area (TPSA) is 143 Å². The number of esters is 1. The zero-order chi connectivity index (χ0) is 38.1. The lowest BCUT2D eigenvalue weighted by Crippen LogP contribution is -2.39. The number of hydrogen-bond acceptors (Lipinski definition) is 9. The van der Waals surface area contributed by atoms with Gasteiger partial charge in [-0.3, -0.25) is 14.4 Å². The third kappa shape index (κ3) is 10.7. The van der Waals surface area contributed by atoms with Crippen molar-refractivity contribution in [1.82, 2.24) is 10.2 Å². The summed E-state index contributed by atoms with van der Waals surface area (Å²) in [7, 11) is 0. The van der Waals surface area contributed by atoms with E-state index >= 15 is 0 Å². The van der Waals surface area contributed by atoms with E-state index < -0.39 is 29.5 Å². The number of nitrogens with zero attached hydrogens (tertiary/aromatic N) is 1. The molecular formula is C39H39ClN4O7S2. The first kappa shape index (κ1) is 39.1. The minimum Gasteiger partial charge on any atom is -0.462 e. The highest BCUT2D eigenvalue weighted by atomic mass is 35.5. The summed E-state index contributed by atoms with van der Waals surface area (Å²) < 4.78 is 10.9. The van der Waals surface area contributed by atoms with E-state index in [4.69, 9.17) is 21.1 Å². The summed E-state index contributed by atoms with van der Waals surface area (Å²) in [6.07, 6.45) is 1.47. The first-order chi connectivity index (χ1) is 25.3. The Balaban J connectivity index is 1.27. The van der Waals surface area contributed by atoms with E-state index in [0.717, 1.165) is 10.4 Å². The second kappa shape index (κ2) is 17.6. The first-order valence-corrected chi connectivity index (χ1v) is 19.0. The third-order valence-electron chi connectivity index (χ3n) is 7.64. The van der Waals surface area contributed by atoms with Crippen molar-refractivity contribution >= 4 is 81.2 Å². The van der Waals surface area contributed by atoms with E-state index in [1.165, 1.54) is 29.2 Å². The summed E-state index contributed by atoms with van der Waals surface area (Å²) in [5.41, 5.74) is 1.74. The molecule has 276 valence electrons. The molecule has 0 saturated heterocycles. The summed E-state index contributed by atoms with van der Waals surface area (Å²) in [5.74, 6) is -1.94. The Kier molecular flexibility index (Phi) is 13.0. The number of hydrogen-bond donors (Lipinski definition) is 3. The van der Waals surface area contributed by atoms with Crippen LogP contribution >= 0.6 is 34.7 Å². The normalized spacial score (nSPS) is 12.7. The van der Waals surface area contributed by atoms with Gasteiger partial charge in [0.05, 0.1) is 24.5 Å². The molecular weight excluding hydrogens is 736 g/mol. The van der Waals surface area contributed by atoms with Gasteiger partial charge in [-0.15, -0.1) is 23.1 Å². The zero-order valence-electron chi connectivity index (χ0n) is 29.6. The lowest BCUT2D eigenvalue weighted by molar-refractivity contribution is -0.114. The highest BCUT2D eigenvalue weighted by molar-refractivity contribution is 8.00. The Hall–Kier alpha value is -5.11. The fourth-order valence-electron chi connectivity index (χ4n) is 5.26. The van der Waals surface area contributed by atoms with Crippen molar-refractivity contribution in [2.75, 3.05) is 29.5 Å². The molecule has 0 aliphatic carbocycles. The molecule has 0 atom stereocenters. The molecule has 4 amide bonds. The van der Waals surface area contributed by atoms with Crippen molar-refractivity contribution < 1.29 is 33.4 Å². The van der Waals surface area contributed by atoms with Gasteiger partial charge in [0.15, 0.2) is 0 Å². The predicted molar refractivity (Wildman–Crippen MR) is 208 cm³/mol. The number of rotatable bonds is 11. The Labute approximate surface area is 321 Å². The van der Waals surface area contributed by atoms with Crippen LogP contribution < -0.4 is 16.0 Å². The zero-order valence-corrected chi connectivity index (χ0v) is 32.0. The number of amides is 4. The molecule has 2 heterocycles. The number of carbonyl (C=O) groups is 5. The maximum absolute atomic E-state index is 13.5. The van der Waals surface area contributed by atoms with Gasteiger partial charge < -0.3 is 30.3 Å². The Morgan fingerprint density at radius 2 is 1.70 bits per heavy atom. The quantitative estimate of drug-likeness (QED) is 0.0791. The van der Waals surface area contributed by atoms with Crippen LogP contribution in [0.5, 0.6) is 0 Å². The number of fused-ring (bicyclic) bond motifs is 1. The summed E-state index contributed by atoms with van der Waals surface area (Å²) in [5, 5.41) is 9.17. The van der Waals surface area contributed by atoms with Crippen LogP contribution in [0.25, 0.3) is 6.08 Å². The van der Waals surface area contributed by atoms with Gasteiger partial charge >= 0.3 is 12.1 Å². The number of thioether (sulfide) groups is 1. The van der Waals surface area contributed by atoms with Gasteiger partial charge in [-0.1, -0.05) is 54.1 Å². The molecule has 0 spiro atoms. The summed E-state index contributed by atoms with van der Waals surface area (Å²) in [4.78, 5) is 68.6. The molecule has 0 bridgehead atoms. The smallest absolute Gasteiger partial charge is 0.410 e. The minimum atomic E-state index is -0.651. The van der Waals surface area contributed by atoms with Gasteiger partial charge in [0.25, 0.3) is 11.8 Å². The number of halogens is 1. The van der Waals surface area contributed by atoms with Gasteiger partial charge in [0.2, 0.25) is 5.91 Å². The number of thiophene rings is 1. The van der Waals surface area contributed by atoms with Crippen molar-refractivity contribution in [3.05, 3.63) is 117 Å². The van der Waals surface area contributed by atoms with Crippen LogP contribution in [0, 0.1) is 0 Å². The standard InChI is InChI=1S/C39H39ClN4O7S2/c1-5-50-37(48)33-28-18-19-44(38(49)51-39(2,3)4)22-31(28)53-36(33)43-32(45)23-52-27-16-11-15-26(21-27)41-35(47)30(20-25-14-9-10-17-29(25)40)42-34(46)24-12-7-6-8-13-24/h6-17,20-21H,5,18-19,22-23H2,1-4H3,(H,41,47)(H,42,46)(H,43,45)/b30-20+. The molecule has 1 aliphatic rings. The molecule has 4 aromatic rings. The number of carbonyl (C=O) groups excluding carboxylic acids is 5. The largest absolute Gasteiger partial charge is 0.462 e. The molecule has 3 aromatic carbocycles. The predicted octanol–water partition coefficient (Wildman–Crippen LogP) is 8.01. The van der Waals surface area contributed by atoms with E-state index in [2.05, 4.69) is 16.0 Å².